The van der Waals surface area contributed by atoms with Gasteiger partial charge in [0.25, 0.3) is 0 Å². The summed E-state index contributed by atoms with van der Waals surface area (Å²) in [5.41, 5.74) is 3.52. The lowest BCUT2D eigenvalue weighted by molar-refractivity contribution is -0.117. The van der Waals surface area contributed by atoms with Crippen LogP contribution in [0.25, 0.3) is 0 Å². The van der Waals surface area contributed by atoms with Gasteiger partial charge in [-0.25, -0.2) is 0 Å². The summed E-state index contributed by atoms with van der Waals surface area (Å²) in [6, 6.07) is 6.36. The SMILES string of the molecule is CCCN1C(=O)CNc2cc(C(C)(C)C)ccc21. The van der Waals surface area contributed by atoms with E-state index in [2.05, 4.69) is 51.2 Å². The lowest BCUT2D eigenvalue weighted by Gasteiger charge is -2.31. The number of benzene rings is 1. The minimum absolute atomic E-state index is 0.133. The monoisotopic (exact) mass is 246 g/mol. The van der Waals surface area contributed by atoms with Crippen molar-refractivity contribution in [3.05, 3.63) is 23.8 Å². The molecule has 1 aromatic rings. The third-order valence-corrected chi connectivity index (χ3v) is 3.33. The second-order valence-electron chi connectivity index (χ2n) is 5.88. The van der Waals surface area contributed by atoms with Gasteiger partial charge in [0, 0.05) is 6.54 Å². The summed E-state index contributed by atoms with van der Waals surface area (Å²) >= 11 is 0. The smallest absolute Gasteiger partial charge is 0.246 e. The first-order valence-corrected chi connectivity index (χ1v) is 6.62. The number of fused-ring (bicyclic) bond motifs is 1. The zero-order chi connectivity index (χ0) is 13.3. The van der Waals surface area contributed by atoms with Crippen molar-refractivity contribution in [1.29, 1.82) is 0 Å². The Morgan fingerprint density at radius 3 is 2.67 bits per heavy atom. The first kappa shape index (κ1) is 12.9. The summed E-state index contributed by atoms with van der Waals surface area (Å²) < 4.78 is 0. The van der Waals surface area contributed by atoms with Gasteiger partial charge in [0.2, 0.25) is 5.91 Å². The van der Waals surface area contributed by atoms with Gasteiger partial charge in [0.1, 0.15) is 0 Å². The molecule has 0 unspecified atom stereocenters. The van der Waals surface area contributed by atoms with Gasteiger partial charge >= 0.3 is 0 Å². The van der Waals surface area contributed by atoms with Gasteiger partial charge in [-0.3, -0.25) is 4.79 Å². The molecule has 1 aliphatic heterocycles. The fourth-order valence-electron chi connectivity index (χ4n) is 2.25. The third-order valence-electron chi connectivity index (χ3n) is 3.33. The van der Waals surface area contributed by atoms with Crippen molar-refractivity contribution in [2.45, 2.75) is 39.5 Å². The molecule has 2 rings (SSSR count). The van der Waals surface area contributed by atoms with E-state index in [0.717, 1.165) is 24.3 Å². The molecular formula is C15H22N2O. The number of anilines is 2. The van der Waals surface area contributed by atoms with Crippen molar-refractivity contribution >= 4 is 17.3 Å². The van der Waals surface area contributed by atoms with E-state index in [9.17, 15) is 4.79 Å². The van der Waals surface area contributed by atoms with E-state index in [4.69, 9.17) is 0 Å². The van der Waals surface area contributed by atoms with Gasteiger partial charge in [-0.15, -0.1) is 0 Å². The van der Waals surface area contributed by atoms with Gasteiger partial charge in [0.05, 0.1) is 17.9 Å². The number of carbonyl (C=O) groups is 1. The van der Waals surface area contributed by atoms with E-state index in [1.807, 2.05) is 4.90 Å². The predicted octanol–water partition coefficient (Wildman–Crippen LogP) is 3.15. The fraction of sp³-hybridized carbons (Fsp3) is 0.533. The van der Waals surface area contributed by atoms with Crippen LogP contribution >= 0.6 is 0 Å². The van der Waals surface area contributed by atoms with Crippen LogP contribution < -0.4 is 10.2 Å². The maximum Gasteiger partial charge on any atom is 0.246 e. The van der Waals surface area contributed by atoms with Crippen LogP contribution in [0.15, 0.2) is 18.2 Å². The van der Waals surface area contributed by atoms with Crippen LogP contribution in [0.4, 0.5) is 11.4 Å². The summed E-state index contributed by atoms with van der Waals surface area (Å²) in [7, 11) is 0. The van der Waals surface area contributed by atoms with Crippen LogP contribution in [0.2, 0.25) is 0 Å². The molecule has 0 aliphatic carbocycles. The molecule has 3 nitrogen and oxygen atoms in total. The number of hydrogen-bond acceptors (Lipinski definition) is 2. The van der Waals surface area contributed by atoms with Crippen LogP contribution in [-0.4, -0.2) is 19.0 Å². The highest BCUT2D eigenvalue weighted by molar-refractivity contribution is 6.02. The molecule has 0 aromatic heterocycles. The van der Waals surface area contributed by atoms with Crippen LogP contribution in [0.3, 0.4) is 0 Å². The molecule has 0 radical (unpaired) electrons. The van der Waals surface area contributed by atoms with Gasteiger partial charge in [-0.1, -0.05) is 33.8 Å². The highest BCUT2D eigenvalue weighted by Crippen LogP contribution is 2.34. The fourth-order valence-corrected chi connectivity index (χ4v) is 2.25. The Morgan fingerprint density at radius 1 is 1.33 bits per heavy atom. The molecule has 1 aliphatic rings. The van der Waals surface area contributed by atoms with Crippen LogP contribution in [0.1, 0.15) is 39.7 Å². The average molecular weight is 246 g/mol. The molecule has 98 valence electrons. The van der Waals surface area contributed by atoms with Gasteiger partial charge in [-0.2, -0.15) is 0 Å². The maximum atomic E-state index is 11.9. The lowest BCUT2D eigenvalue weighted by Crippen LogP contribution is -2.40. The molecule has 0 atom stereocenters. The zero-order valence-electron chi connectivity index (χ0n) is 11.7. The van der Waals surface area contributed by atoms with Gasteiger partial charge in [0.15, 0.2) is 0 Å². The first-order chi connectivity index (χ1) is 8.43. The molecule has 0 saturated heterocycles. The molecule has 0 fully saturated rings. The van der Waals surface area contributed by atoms with E-state index in [0.29, 0.717) is 6.54 Å². The van der Waals surface area contributed by atoms with E-state index in [-0.39, 0.29) is 11.3 Å². The normalized spacial score (nSPS) is 15.3. The summed E-state index contributed by atoms with van der Waals surface area (Å²) in [4.78, 5) is 13.8. The van der Waals surface area contributed by atoms with E-state index in [1.54, 1.807) is 0 Å². The quantitative estimate of drug-likeness (QED) is 0.869. The Morgan fingerprint density at radius 2 is 2.06 bits per heavy atom. The maximum absolute atomic E-state index is 11.9. The third kappa shape index (κ3) is 2.35. The Kier molecular flexibility index (Phi) is 3.33. The van der Waals surface area contributed by atoms with E-state index in [1.165, 1.54) is 5.56 Å². The first-order valence-electron chi connectivity index (χ1n) is 6.62. The minimum atomic E-state index is 0.133. The summed E-state index contributed by atoms with van der Waals surface area (Å²) in [6.45, 7) is 9.90. The topological polar surface area (TPSA) is 32.3 Å². The summed E-state index contributed by atoms with van der Waals surface area (Å²) in [5, 5.41) is 3.22. The molecule has 1 heterocycles. The van der Waals surface area contributed by atoms with Gasteiger partial charge in [-0.05, 0) is 29.5 Å². The Labute approximate surface area is 109 Å². The predicted molar refractivity (Wildman–Crippen MR) is 76.3 cm³/mol. The number of hydrogen-bond donors (Lipinski definition) is 1. The molecule has 18 heavy (non-hydrogen) atoms. The molecule has 1 amide bonds. The molecule has 0 spiro atoms. The van der Waals surface area contributed by atoms with Crippen molar-refractivity contribution in [1.82, 2.24) is 0 Å². The Hall–Kier alpha value is -1.51. The molecule has 1 aromatic carbocycles. The largest absolute Gasteiger partial charge is 0.374 e. The van der Waals surface area contributed by atoms with Crippen molar-refractivity contribution < 1.29 is 4.79 Å². The zero-order valence-corrected chi connectivity index (χ0v) is 11.7. The number of nitrogens with zero attached hydrogens (tertiary/aromatic N) is 1. The van der Waals surface area contributed by atoms with E-state index < -0.39 is 0 Å². The standard InChI is InChI=1S/C15H22N2O/c1-5-8-17-13-7-6-11(15(2,3)4)9-12(13)16-10-14(17)18/h6-7,9,16H,5,8,10H2,1-4H3. The van der Waals surface area contributed by atoms with E-state index >= 15 is 0 Å². The second-order valence-corrected chi connectivity index (χ2v) is 5.88. The summed E-state index contributed by atoms with van der Waals surface area (Å²) in [6.07, 6.45) is 0.978. The average Bonchev–Trinajstić information content (AvgIpc) is 2.31. The van der Waals surface area contributed by atoms with Crippen molar-refractivity contribution in [2.24, 2.45) is 0 Å². The van der Waals surface area contributed by atoms with Crippen LogP contribution in [0.5, 0.6) is 0 Å². The molecule has 0 saturated carbocycles. The molecule has 3 heteroatoms. The lowest BCUT2D eigenvalue weighted by atomic mass is 9.86. The van der Waals surface area contributed by atoms with Gasteiger partial charge < -0.3 is 10.2 Å². The van der Waals surface area contributed by atoms with Crippen molar-refractivity contribution in [3.8, 4) is 0 Å². The number of rotatable bonds is 2. The van der Waals surface area contributed by atoms with Crippen molar-refractivity contribution in [3.63, 3.8) is 0 Å². The summed E-state index contributed by atoms with van der Waals surface area (Å²) in [5.74, 6) is 0.160. The number of nitrogens with one attached hydrogen (secondary N) is 1. The minimum Gasteiger partial charge on any atom is -0.374 e. The Balaban J connectivity index is 2.40. The number of amides is 1. The second kappa shape index (κ2) is 4.63. The van der Waals surface area contributed by atoms with Crippen LogP contribution in [0, 0.1) is 0 Å². The molecule has 0 bridgehead atoms. The van der Waals surface area contributed by atoms with Crippen molar-refractivity contribution in [2.75, 3.05) is 23.3 Å². The highest BCUT2D eigenvalue weighted by atomic mass is 16.2. The molecule has 1 N–H and O–H groups in total. The number of carbonyl (C=O) groups excluding carboxylic acids is 1. The van der Waals surface area contributed by atoms with Crippen LogP contribution in [-0.2, 0) is 10.2 Å². The highest BCUT2D eigenvalue weighted by Gasteiger charge is 2.24. The Bertz CT molecular complexity index is 460. The molecular weight excluding hydrogens is 224 g/mol.